The first kappa shape index (κ1) is 16.7. The van der Waals surface area contributed by atoms with Crippen LogP contribution in [0, 0.1) is 5.82 Å². The maximum absolute atomic E-state index is 12.9. The van der Waals surface area contributed by atoms with Crippen LogP contribution in [0.2, 0.25) is 5.02 Å². The van der Waals surface area contributed by atoms with Crippen LogP contribution in [0.5, 0.6) is 0 Å². The smallest absolute Gasteiger partial charge is 0.256 e. The van der Waals surface area contributed by atoms with Gasteiger partial charge in [0.25, 0.3) is 5.91 Å². The van der Waals surface area contributed by atoms with Gasteiger partial charge in [-0.25, -0.2) is 4.39 Å². The number of nitrogens with one attached hydrogen (secondary N) is 1. The predicted octanol–water partition coefficient (Wildman–Crippen LogP) is 4.74. The highest BCUT2D eigenvalue weighted by molar-refractivity contribution is 9.10. The van der Waals surface area contributed by atoms with Gasteiger partial charge in [0.1, 0.15) is 10.8 Å². The summed E-state index contributed by atoms with van der Waals surface area (Å²) in [5.74, 6) is -0.303. The molecule has 1 N–H and O–H groups in total. The fourth-order valence-electron chi connectivity index (χ4n) is 2.12. The molecule has 0 saturated heterocycles. The Bertz CT molecular complexity index is 863. The molecule has 1 aromatic heterocycles. The number of carbonyl (C=O) groups is 1. The summed E-state index contributed by atoms with van der Waals surface area (Å²) >= 11 is 9.45. The van der Waals surface area contributed by atoms with Crippen molar-refractivity contribution in [1.82, 2.24) is 9.78 Å². The summed E-state index contributed by atoms with van der Waals surface area (Å²) in [5.41, 5.74) is 1.38. The minimum absolute atomic E-state index is 0.284. The molecule has 0 aliphatic carbocycles. The fraction of sp³-hybridized carbons (Fsp3) is 0.0588. The van der Waals surface area contributed by atoms with Crippen LogP contribution >= 0.6 is 27.5 Å². The molecule has 1 amide bonds. The van der Waals surface area contributed by atoms with Crippen molar-refractivity contribution in [2.45, 2.75) is 6.54 Å². The standard InChI is InChI=1S/C17H12BrClFN3O/c18-13-5-3-12(4-6-13)17(24)21-16-15(19)10-23(22-16)9-11-1-7-14(20)8-2-11/h1-8,10H,9H2,(H,21,22,24). The average Bonchev–Trinajstić information content (AvgIpc) is 2.89. The van der Waals surface area contributed by atoms with Gasteiger partial charge in [0.15, 0.2) is 5.82 Å². The van der Waals surface area contributed by atoms with Crippen LogP contribution in [0.25, 0.3) is 0 Å². The van der Waals surface area contributed by atoms with E-state index in [4.69, 9.17) is 11.6 Å². The molecule has 0 spiro atoms. The second-order valence-corrected chi connectivity index (χ2v) is 6.43. The van der Waals surface area contributed by atoms with E-state index in [2.05, 4.69) is 26.3 Å². The van der Waals surface area contributed by atoms with Gasteiger partial charge < -0.3 is 5.32 Å². The Balaban J connectivity index is 1.72. The molecular weight excluding hydrogens is 397 g/mol. The van der Waals surface area contributed by atoms with Crippen molar-refractivity contribution in [1.29, 1.82) is 0 Å². The normalized spacial score (nSPS) is 10.6. The molecule has 1 heterocycles. The summed E-state index contributed by atoms with van der Waals surface area (Å²) < 4.78 is 15.4. The van der Waals surface area contributed by atoms with E-state index in [1.807, 2.05) is 0 Å². The zero-order valence-electron chi connectivity index (χ0n) is 12.3. The van der Waals surface area contributed by atoms with Gasteiger partial charge in [-0.05, 0) is 42.0 Å². The molecule has 24 heavy (non-hydrogen) atoms. The third-order valence-corrected chi connectivity index (χ3v) is 4.12. The number of halogens is 3. The summed E-state index contributed by atoms with van der Waals surface area (Å²) in [6, 6.07) is 13.1. The first-order valence-corrected chi connectivity index (χ1v) is 8.23. The van der Waals surface area contributed by atoms with Gasteiger partial charge in [-0.2, -0.15) is 5.10 Å². The molecule has 0 saturated carbocycles. The van der Waals surface area contributed by atoms with Crippen molar-refractivity contribution in [3.8, 4) is 0 Å². The van der Waals surface area contributed by atoms with Crippen molar-refractivity contribution in [2.75, 3.05) is 5.32 Å². The first-order chi connectivity index (χ1) is 11.5. The maximum atomic E-state index is 12.9. The number of benzene rings is 2. The zero-order chi connectivity index (χ0) is 17.1. The average molecular weight is 409 g/mol. The number of hydrogen-bond donors (Lipinski definition) is 1. The molecule has 0 atom stereocenters. The molecule has 0 aliphatic heterocycles. The van der Waals surface area contributed by atoms with E-state index in [0.29, 0.717) is 17.1 Å². The summed E-state index contributed by atoms with van der Waals surface area (Å²) in [4.78, 5) is 12.2. The lowest BCUT2D eigenvalue weighted by Crippen LogP contribution is -2.13. The number of hydrogen-bond acceptors (Lipinski definition) is 2. The molecule has 0 radical (unpaired) electrons. The van der Waals surface area contributed by atoms with E-state index in [9.17, 15) is 9.18 Å². The highest BCUT2D eigenvalue weighted by Crippen LogP contribution is 2.21. The van der Waals surface area contributed by atoms with Gasteiger partial charge >= 0.3 is 0 Å². The summed E-state index contributed by atoms with van der Waals surface area (Å²) in [6.07, 6.45) is 1.61. The zero-order valence-corrected chi connectivity index (χ0v) is 14.7. The minimum Gasteiger partial charge on any atom is -0.304 e. The lowest BCUT2D eigenvalue weighted by atomic mass is 10.2. The fourth-order valence-corrected chi connectivity index (χ4v) is 2.58. The maximum Gasteiger partial charge on any atom is 0.256 e. The molecule has 122 valence electrons. The van der Waals surface area contributed by atoms with Gasteiger partial charge in [0, 0.05) is 16.2 Å². The van der Waals surface area contributed by atoms with Crippen LogP contribution in [0.3, 0.4) is 0 Å². The number of carbonyl (C=O) groups excluding carboxylic acids is 1. The highest BCUT2D eigenvalue weighted by Gasteiger charge is 2.12. The second kappa shape index (κ2) is 7.15. The molecule has 0 unspecified atom stereocenters. The molecule has 0 bridgehead atoms. The highest BCUT2D eigenvalue weighted by atomic mass is 79.9. The SMILES string of the molecule is O=C(Nc1nn(Cc2ccc(F)cc2)cc1Cl)c1ccc(Br)cc1. The Hall–Kier alpha value is -2.18. The lowest BCUT2D eigenvalue weighted by molar-refractivity contribution is 0.102. The van der Waals surface area contributed by atoms with Crippen LogP contribution in [-0.2, 0) is 6.54 Å². The molecule has 3 rings (SSSR count). The van der Waals surface area contributed by atoms with E-state index >= 15 is 0 Å². The van der Waals surface area contributed by atoms with Gasteiger partial charge in [0.2, 0.25) is 0 Å². The second-order valence-electron chi connectivity index (χ2n) is 5.11. The van der Waals surface area contributed by atoms with Gasteiger partial charge in [-0.15, -0.1) is 0 Å². The number of anilines is 1. The quantitative estimate of drug-likeness (QED) is 0.678. The Morgan fingerprint density at radius 2 is 1.83 bits per heavy atom. The number of amides is 1. The summed E-state index contributed by atoms with van der Waals surface area (Å²) in [5, 5.41) is 7.28. The Kier molecular flexibility index (Phi) is 4.97. The molecule has 3 aromatic rings. The van der Waals surface area contributed by atoms with Crippen LogP contribution in [0.1, 0.15) is 15.9 Å². The van der Waals surface area contributed by atoms with Gasteiger partial charge in [-0.1, -0.05) is 39.7 Å². The van der Waals surface area contributed by atoms with Crippen LogP contribution in [0.4, 0.5) is 10.2 Å². The van der Waals surface area contributed by atoms with Crippen molar-refractivity contribution in [3.05, 3.63) is 81.2 Å². The van der Waals surface area contributed by atoms with E-state index in [0.717, 1.165) is 10.0 Å². The molecule has 7 heteroatoms. The number of aromatic nitrogens is 2. The molecular formula is C17H12BrClFN3O. The van der Waals surface area contributed by atoms with Gasteiger partial charge in [-0.3, -0.25) is 9.48 Å². The predicted molar refractivity (Wildman–Crippen MR) is 94.8 cm³/mol. The van der Waals surface area contributed by atoms with Crippen LogP contribution in [-0.4, -0.2) is 15.7 Å². The molecule has 0 fully saturated rings. The molecule has 4 nitrogen and oxygen atoms in total. The van der Waals surface area contributed by atoms with E-state index in [1.165, 1.54) is 12.1 Å². The van der Waals surface area contributed by atoms with Crippen molar-refractivity contribution in [2.24, 2.45) is 0 Å². The monoisotopic (exact) mass is 407 g/mol. The third kappa shape index (κ3) is 4.01. The minimum atomic E-state index is -0.295. The summed E-state index contributed by atoms with van der Waals surface area (Å²) in [7, 11) is 0. The number of nitrogens with zero attached hydrogens (tertiary/aromatic N) is 2. The van der Waals surface area contributed by atoms with Crippen molar-refractivity contribution >= 4 is 39.3 Å². The molecule has 2 aromatic carbocycles. The van der Waals surface area contributed by atoms with Crippen molar-refractivity contribution in [3.63, 3.8) is 0 Å². The first-order valence-electron chi connectivity index (χ1n) is 7.05. The largest absolute Gasteiger partial charge is 0.304 e. The van der Waals surface area contributed by atoms with Crippen LogP contribution in [0.15, 0.2) is 59.2 Å². The van der Waals surface area contributed by atoms with Crippen LogP contribution < -0.4 is 5.32 Å². The topological polar surface area (TPSA) is 46.9 Å². The summed E-state index contributed by atoms with van der Waals surface area (Å²) in [6.45, 7) is 0.425. The van der Waals surface area contributed by atoms with E-state index < -0.39 is 0 Å². The Morgan fingerprint density at radius 3 is 2.50 bits per heavy atom. The number of rotatable bonds is 4. The third-order valence-electron chi connectivity index (χ3n) is 3.31. The Morgan fingerprint density at radius 1 is 1.17 bits per heavy atom. The van der Waals surface area contributed by atoms with Gasteiger partial charge in [0.05, 0.1) is 6.54 Å². The van der Waals surface area contributed by atoms with E-state index in [-0.39, 0.29) is 17.5 Å². The van der Waals surface area contributed by atoms with E-state index in [1.54, 1.807) is 47.3 Å². The lowest BCUT2D eigenvalue weighted by Gasteiger charge is -2.03. The Labute approximate surface area is 151 Å². The van der Waals surface area contributed by atoms with Crippen molar-refractivity contribution < 1.29 is 9.18 Å². The molecule has 0 aliphatic rings.